The Kier molecular flexibility index (Phi) is 5.61. The molecule has 0 aromatic carbocycles. The lowest BCUT2D eigenvalue weighted by Crippen LogP contribution is -1.86. The van der Waals surface area contributed by atoms with Crippen LogP contribution in [0.3, 0.4) is 0 Å². The molecule has 0 saturated heterocycles. The van der Waals surface area contributed by atoms with E-state index in [1.165, 1.54) is 0 Å². The third kappa shape index (κ3) is 6.28. The zero-order valence-electron chi connectivity index (χ0n) is 5.23. The van der Waals surface area contributed by atoms with Gasteiger partial charge in [0, 0.05) is 0 Å². The summed E-state index contributed by atoms with van der Waals surface area (Å²) in [6.45, 7) is 2.10. The van der Waals surface area contributed by atoms with Crippen LogP contribution in [0.4, 0.5) is 4.39 Å². The Morgan fingerprint density at radius 2 is 2.12 bits per heavy atom. The maximum Gasteiger partial charge on any atom is 0.143 e. The minimum Gasteiger partial charge on any atom is -0.236 e. The minimum atomic E-state index is -0.901. The van der Waals surface area contributed by atoms with Crippen LogP contribution in [0.15, 0.2) is 0 Å². The van der Waals surface area contributed by atoms with Gasteiger partial charge in [-0.1, -0.05) is 19.8 Å². The van der Waals surface area contributed by atoms with Crippen LogP contribution in [0.25, 0.3) is 0 Å². The highest BCUT2D eigenvalue weighted by Crippen LogP contribution is 2.08. The fourth-order valence-electron chi connectivity index (χ4n) is 0.563. The van der Waals surface area contributed by atoms with E-state index in [2.05, 4.69) is 19.6 Å². The van der Waals surface area contributed by atoms with Crippen molar-refractivity contribution < 1.29 is 4.39 Å². The van der Waals surface area contributed by atoms with E-state index in [0.717, 1.165) is 19.3 Å². The van der Waals surface area contributed by atoms with E-state index in [1.807, 2.05) is 0 Å². The maximum absolute atomic E-state index is 11.9. The van der Waals surface area contributed by atoms with Crippen molar-refractivity contribution in [3.8, 4) is 0 Å². The molecule has 0 amide bonds. The summed E-state index contributed by atoms with van der Waals surface area (Å²) in [6, 6.07) is 0. The summed E-state index contributed by atoms with van der Waals surface area (Å²) in [4.78, 5) is 0. The van der Waals surface area contributed by atoms with E-state index >= 15 is 0 Å². The fraction of sp³-hybridized carbons (Fsp3) is 1.00. The van der Waals surface area contributed by atoms with Crippen molar-refractivity contribution in [1.29, 1.82) is 0 Å². The van der Waals surface area contributed by atoms with Crippen molar-refractivity contribution in [2.45, 2.75) is 38.1 Å². The summed E-state index contributed by atoms with van der Waals surface area (Å²) < 4.78 is 11.9. The Labute approximate surface area is 55.9 Å². The van der Waals surface area contributed by atoms with Gasteiger partial charge in [-0.15, -0.1) is 12.6 Å². The Hall–Kier alpha value is 0.280. The number of alkyl halides is 1. The fourth-order valence-corrected chi connectivity index (χ4v) is 0.745. The largest absolute Gasteiger partial charge is 0.236 e. The predicted molar refractivity (Wildman–Crippen MR) is 38.0 cm³/mol. The van der Waals surface area contributed by atoms with Gasteiger partial charge >= 0.3 is 0 Å². The lowest BCUT2D eigenvalue weighted by Gasteiger charge is -1.96. The predicted octanol–water partition coefficient (Wildman–Crippen LogP) is 2.79. The summed E-state index contributed by atoms with van der Waals surface area (Å²) in [6.07, 6.45) is 3.86. The monoisotopic (exact) mass is 136 g/mol. The Bertz CT molecular complexity index is 45.8. The van der Waals surface area contributed by atoms with Crippen molar-refractivity contribution in [2.75, 3.05) is 0 Å². The van der Waals surface area contributed by atoms with Gasteiger partial charge in [-0.2, -0.15) is 0 Å². The highest BCUT2D eigenvalue weighted by Gasteiger charge is 1.95. The zero-order valence-corrected chi connectivity index (χ0v) is 6.13. The maximum atomic E-state index is 11.9. The number of hydrogen-bond donors (Lipinski definition) is 1. The third-order valence-corrected chi connectivity index (χ3v) is 1.30. The molecule has 0 fully saturated rings. The van der Waals surface area contributed by atoms with Crippen molar-refractivity contribution in [3.63, 3.8) is 0 Å². The summed E-state index contributed by atoms with van der Waals surface area (Å²) in [5, 5.41) is 0. The van der Waals surface area contributed by atoms with Gasteiger partial charge in [0.2, 0.25) is 0 Å². The molecule has 0 heterocycles. The van der Waals surface area contributed by atoms with Gasteiger partial charge in [0.15, 0.2) is 0 Å². The van der Waals surface area contributed by atoms with Crippen LogP contribution in [-0.4, -0.2) is 5.50 Å². The molecular weight excluding hydrogens is 123 g/mol. The second kappa shape index (κ2) is 5.42. The highest BCUT2D eigenvalue weighted by atomic mass is 32.1. The molecule has 1 atom stereocenters. The molecule has 0 aromatic heterocycles. The molecule has 1 unspecified atom stereocenters. The molecule has 0 bridgehead atoms. The summed E-state index contributed by atoms with van der Waals surface area (Å²) in [5.41, 5.74) is -0.901. The first-order valence-corrected chi connectivity index (χ1v) is 3.61. The van der Waals surface area contributed by atoms with E-state index in [-0.39, 0.29) is 0 Å². The number of unbranched alkanes of at least 4 members (excludes halogenated alkanes) is 2. The van der Waals surface area contributed by atoms with Gasteiger partial charge in [0.25, 0.3) is 0 Å². The SMILES string of the molecule is CCCCCC(F)S. The van der Waals surface area contributed by atoms with Crippen LogP contribution >= 0.6 is 12.6 Å². The lowest BCUT2D eigenvalue weighted by atomic mass is 10.2. The first-order valence-electron chi connectivity index (χ1n) is 3.09. The van der Waals surface area contributed by atoms with E-state index in [0.29, 0.717) is 6.42 Å². The summed E-state index contributed by atoms with van der Waals surface area (Å²) >= 11 is 3.60. The Balaban J connectivity index is 2.72. The lowest BCUT2D eigenvalue weighted by molar-refractivity contribution is 0.418. The molecule has 8 heavy (non-hydrogen) atoms. The Morgan fingerprint density at radius 1 is 1.50 bits per heavy atom. The standard InChI is InChI=1S/C6H13FS/c1-2-3-4-5-6(7)8/h6,8H,2-5H2,1H3. The molecule has 0 aliphatic rings. The highest BCUT2D eigenvalue weighted by molar-refractivity contribution is 7.80. The first kappa shape index (κ1) is 8.28. The number of rotatable bonds is 4. The zero-order chi connectivity index (χ0) is 6.41. The molecule has 2 heteroatoms. The van der Waals surface area contributed by atoms with E-state index in [9.17, 15) is 4.39 Å². The number of hydrogen-bond acceptors (Lipinski definition) is 1. The van der Waals surface area contributed by atoms with E-state index in [1.54, 1.807) is 0 Å². The van der Waals surface area contributed by atoms with Crippen molar-refractivity contribution >= 4 is 12.6 Å². The van der Waals surface area contributed by atoms with Gasteiger partial charge in [0.1, 0.15) is 5.50 Å². The summed E-state index contributed by atoms with van der Waals surface area (Å²) in [7, 11) is 0. The Morgan fingerprint density at radius 3 is 2.50 bits per heavy atom. The van der Waals surface area contributed by atoms with Crippen LogP contribution in [0, 0.1) is 0 Å². The van der Waals surface area contributed by atoms with Crippen LogP contribution < -0.4 is 0 Å². The van der Waals surface area contributed by atoms with Gasteiger partial charge in [-0.05, 0) is 12.8 Å². The average molecular weight is 136 g/mol. The van der Waals surface area contributed by atoms with Crippen molar-refractivity contribution in [3.05, 3.63) is 0 Å². The van der Waals surface area contributed by atoms with Crippen LogP contribution in [0.1, 0.15) is 32.6 Å². The van der Waals surface area contributed by atoms with Crippen LogP contribution in [-0.2, 0) is 0 Å². The van der Waals surface area contributed by atoms with Crippen molar-refractivity contribution in [2.24, 2.45) is 0 Å². The minimum absolute atomic E-state index is 0.608. The molecule has 0 aromatic rings. The quantitative estimate of drug-likeness (QED) is 0.446. The van der Waals surface area contributed by atoms with E-state index in [4.69, 9.17) is 0 Å². The van der Waals surface area contributed by atoms with E-state index < -0.39 is 5.50 Å². The normalized spacial score (nSPS) is 13.9. The summed E-state index contributed by atoms with van der Waals surface area (Å²) in [5.74, 6) is 0. The topological polar surface area (TPSA) is 0 Å². The second-order valence-electron chi connectivity index (χ2n) is 1.93. The van der Waals surface area contributed by atoms with Crippen LogP contribution in [0.2, 0.25) is 0 Å². The second-order valence-corrected chi connectivity index (χ2v) is 2.49. The molecule has 50 valence electrons. The number of thiol groups is 1. The van der Waals surface area contributed by atoms with Gasteiger partial charge in [0.05, 0.1) is 0 Å². The third-order valence-electron chi connectivity index (χ3n) is 1.05. The average Bonchev–Trinajstić information content (AvgIpc) is 1.66. The molecule has 0 aliphatic heterocycles. The molecule has 0 aliphatic carbocycles. The molecule has 0 radical (unpaired) electrons. The molecule has 0 saturated carbocycles. The molecule has 0 rings (SSSR count). The van der Waals surface area contributed by atoms with Gasteiger partial charge in [-0.3, -0.25) is 0 Å². The molecule has 0 nitrogen and oxygen atoms in total. The molecular formula is C6H13FS. The van der Waals surface area contributed by atoms with Gasteiger partial charge < -0.3 is 0 Å². The first-order chi connectivity index (χ1) is 3.77. The molecule has 0 spiro atoms. The van der Waals surface area contributed by atoms with Crippen molar-refractivity contribution in [1.82, 2.24) is 0 Å². The van der Waals surface area contributed by atoms with Crippen LogP contribution in [0.5, 0.6) is 0 Å². The molecule has 0 N–H and O–H groups in total. The number of halogens is 1. The van der Waals surface area contributed by atoms with Gasteiger partial charge in [-0.25, -0.2) is 4.39 Å². The smallest absolute Gasteiger partial charge is 0.143 e.